The van der Waals surface area contributed by atoms with Gasteiger partial charge in [-0.2, -0.15) is 5.10 Å². The zero-order chi connectivity index (χ0) is 18.2. The molecule has 1 saturated heterocycles. The Labute approximate surface area is 152 Å². The van der Waals surface area contributed by atoms with Crippen molar-refractivity contribution < 1.29 is 4.74 Å². The second kappa shape index (κ2) is 8.91. The lowest BCUT2D eigenvalue weighted by molar-refractivity contribution is 0.415. The number of aromatic nitrogens is 2. The summed E-state index contributed by atoms with van der Waals surface area (Å²) in [5.74, 6) is 2.28. The van der Waals surface area contributed by atoms with Crippen molar-refractivity contribution >= 4 is 29.8 Å². The van der Waals surface area contributed by atoms with E-state index in [0.717, 1.165) is 37.4 Å². The molecule has 0 saturated carbocycles. The Bertz CT molecular complexity index is 755. The van der Waals surface area contributed by atoms with Crippen LogP contribution in [-0.2, 0) is 0 Å². The molecule has 0 aliphatic carbocycles. The van der Waals surface area contributed by atoms with Crippen LogP contribution in [0.4, 0.5) is 17.3 Å². The van der Waals surface area contributed by atoms with Gasteiger partial charge in [-0.15, -0.1) is 0 Å². The number of hydrazone groups is 1. The molecule has 8 nitrogen and oxygen atoms in total. The first-order valence-electron chi connectivity index (χ1n) is 8.56. The summed E-state index contributed by atoms with van der Waals surface area (Å²) in [6.45, 7) is 2.04. The largest absolute Gasteiger partial charge is 0.497 e. The minimum atomic E-state index is 0.464. The van der Waals surface area contributed by atoms with E-state index in [1.807, 2.05) is 30.5 Å². The lowest BCUT2D eigenvalue weighted by Gasteiger charge is -2.18. The molecule has 1 aliphatic rings. The summed E-state index contributed by atoms with van der Waals surface area (Å²) in [5.41, 5.74) is 4.33. The predicted molar refractivity (Wildman–Crippen MR) is 104 cm³/mol. The Balaban J connectivity index is 1.71. The number of methoxy groups -OCH3 is 1. The van der Waals surface area contributed by atoms with E-state index in [2.05, 4.69) is 31.1 Å². The SMILES string of the molecule is COc1ccc(Nc2ncnc(N/N=C/C3CCNCC3)c2C=N)cc1. The van der Waals surface area contributed by atoms with E-state index in [4.69, 9.17) is 10.1 Å². The first kappa shape index (κ1) is 17.8. The van der Waals surface area contributed by atoms with Crippen LogP contribution in [0.25, 0.3) is 0 Å². The third kappa shape index (κ3) is 4.54. The molecule has 0 spiro atoms. The predicted octanol–water partition coefficient (Wildman–Crippen LogP) is 2.62. The lowest BCUT2D eigenvalue weighted by Crippen LogP contribution is -2.28. The van der Waals surface area contributed by atoms with Crippen molar-refractivity contribution in [2.24, 2.45) is 11.0 Å². The minimum absolute atomic E-state index is 0.464. The maximum atomic E-state index is 7.72. The van der Waals surface area contributed by atoms with E-state index < -0.39 is 0 Å². The number of rotatable bonds is 7. The van der Waals surface area contributed by atoms with E-state index >= 15 is 0 Å². The Hall–Kier alpha value is -3.00. The quantitative estimate of drug-likeness (QED) is 0.450. The molecule has 1 aromatic heterocycles. The molecule has 0 amide bonds. The number of benzene rings is 1. The van der Waals surface area contributed by atoms with Gasteiger partial charge in [-0.25, -0.2) is 9.97 Å². The molecule has 0 bridgehead atoms. The summed E-state index contributed by atoms with van der Waals surface area (Å²) in [5, 5.41) is 18.6. The van der Waals surface area contributed by atoms with Crippen LogP contribution >= 0.6 is 0 Å². The van der Waals surface area contributed by atoms with Gasteiger partial charge in [-0.1, -0.05) is 0 Å². The fourth-order valence-corrected chi connectivity index (χ4v) is 2.73. The fraction of sp³-hybridized carbons (Fsp3) is 0.333. The normalized spacial score (nSPS) is 15.0. The van der Waals surface area contributed by atoms with Gasteiger partial charge in [0.1, 0.15) is 17.9 Å². The summed E-state index contributed by atoms with van der Waals surface area (Å²) < 4.78 is 5.16. The van der Waals surface area contributed by atoms with Crippen molar-refractivity contribution in [2.45, 2.75) is 12.8 Å². The van der Waals surface area contributed by atoms with Gasteiger partial charge < -0.3 is 20.8 Å². The van der Waals surface area contributed by atoms with Gasteiger partial charge in [-0.05, 0) is 56.1 Å². The maximum absolute atomic E-state index is 7.72. The Morgan fingerprint density at radius 3 is 2.62 bits per heavy atom. The Morgan fingerprint density at radius 2 is 1.92 bits per heavy atom. The number of nitrogens with one attached hydrogen (secondary N) is 4. The van der Waals surface area contributed by atoms with Gasteiger partial charge >= 0.3 is 0 Å². The van der Waals surface area contributed by atoms with Crippen molar-refractivity contribution in [3.05, 3.63) is 36.2 Å². The molecule has 1 aliphatic heterocycles. The molecule has 136 valence electrons. The van der Waals surface area contributed by atoms with Crippen LogP contribution in [0.2, 0.25) is 0 Å². The maximum Gasteiger partial charge on any atom is 0.160 e. The molecule has 0 unspecified atom stereocenters. The second-order valence-electron chi connectivity index (χ2n) is 5.96. The van der Waals surface area contributed by atoms with E-state index in [1.165, 1.54) is 12.5 Å². The van der Waals surface area contributed by atoms with Crippen molar-refractivity contribution in [1.82, 2.24) is 15.3 Å². The molecule has 3 rings (SSSR count). The van der Waals surface area contributed by atoms with Crippen molar-refractivity contribution in [2.75, 3.05) is 30.9 Å². The highest BCUT2D eigenvalue weighted by Crippen LogP contribution is 2.23. The molecule has 8 heteroatoms. The monoisotopic (exact) mass is 353 g/mol. The highest BCUT2D eigenvalue weighted by Gasteiger charge is 2.12. The van der Waals surface area contributed by atoms with Crippen LogP contribution < -0.4 is 20.8 Å². The van der Waals surface area contributed by atoms with Crippen molar-refractivity contribution in [1.29, 1.82) is 5.41 Å². The topological polar surface area (TPSA) is 107 Å². The van der Waals surface area contributed by atoms with Gasteiger partial charge in [0.2, 0.25) is 0 Å². The van der Waals surface area contributed by atoms with Crippen molar-refractivity contribution in [3.8, 4) is 5.75 Å². The molecule has 4 N–H and O–H groups in total. The van der Waals surface area contributed by atoms with Crippen LogP contribution in [-0.4, -0.2) is 42.6 Å². The number of piperidine rings is 1. The molecule has 1 aromatic carbocycles. The average Bonchev–Trinajstić information content (AvgIpc) is 2.69. The van der Waals surface area contributed by atoms with E-state index in [0.29, 0.717) is 23.1 Å². The summed E-state index contributed by atoms with van der Waals surface area (Å²) >= 11 is 0. The smallest absolute Gasteiger partial charge is 0.160 e. The van der Waals surface area contributed by atoms with Crippen molar-refractivity contribution in [3.63, 3.8) is 0 Å². The van der Waals surface area contributed by atoms with Crippen LogP contribution in [0.3, 0.4) is 0 Å². The number of anilines is 3. The van der Waals surface area contributed by atoms with Crippen LogP contribution in [0.15, 0.2) is 35.7 Å². The number of ether oxygens (including phenoxy) is 1. The molecule has 0 atom stereocenters. The molecule has 2 heterocycles. The highest BCUT2D eigenvalue weighted by atomic mass is 16.5. The third-order valence-electron chi connectivity index (χ3n) is 4.22. The van der Waals surface area contributed by atoms with Gasteiger partial charge in [0, 0.05) is 18.1 Å². The molecule has 2 aromatic rings. The first-order chi connectivity index (χ1) is 12.8. The van der Waals surface area contributed by atoms with Gasteiger partial charge in [0.05, 0.1) is 12.7 Å². The lowest BCUT2D eigenvalue weighted by atomic mass is 10.00. The fourth-order valence-electron chi connectivity index (χ4n) is 2.73. The van der Waals surface area contributed by atoms with Gasteiger partial charge in [0.15, 0.2) is 5.82 Å². The minimum Gasteiger partial charge on any atom is -0.497 e. The van der Waals surface area contributed by atoms with Gasteiger partial charge in [-0.3, -0.25) is 5.43 Å². The summed E-state index contributed by atoms with van der Waals surface area (Å²) in [4.78, 5) is 8.44. The standard InChI is InChI=1S/C18H23N7O/c1-26-15-4-2-14(3-5-15)24-17-16(10-19)18(22-12-21-17)25-23-11-13-6-8-20-9-7-13/h2-5,10-13,19-20H,6-9H2,1H3,(H2,21,22,24,25)/b19-10?,23-11+. The summed E-state index contributed by atoms with van der Waals surface area (Å²) in [7, 11) is 1.63. The summed E-state index contributed by atoms with van der Waals surface area (Å²) in [6.07, 6.45) is 6.75. The van der Waals surface area contributed by atoms with Gasteiger partial charge in [0.25, 0.3) is 0 Å². The second-order valence-corrected chi connectivity index (χ2v) is 5.96. The molecular formula is C18H23N7O. The molecular weight excluding hydrogens is 330 g/mol. The first-order valence-corrected chi connectivity index (χ1v) is 8.56. The van der Waals surface area contributed by atoms with E-state index in [-0.39, 0.29) is 0 Å². The zero-order valence-corrected chi connectivity index (χ0v) is 14.7. The molecule has 1 fully saturated rings. The highest BCUT2D eigenvalue weighted by molar-refractivity contribution is 5.91. The Kier molecular flexibility index (Phi) is 6.10. The van der Waals surface area contributed by atoms with Crippen LogP contribution in [0.5, 0.6) is 5.75 Å². The number of hydrogen-bond donors (Lipinski definition) is 4. The molecule has 26 heavy (non-hydrogen) atoms. The van der Waals surface area contributed by atoms with E-state index in [1.54, 1.807) is 7.11 Å². The summed E-state index contributed by atoms with van der Waals surface area (Å²) in [6, 6.07) is 7.49. The molecule has 0 radical (unpaired) electrons. The average molecular weight is 353 g/mol. The number of hydrogen-bond acceptors (Lipinski definition) is 8. The van der Waals surface area contributed by atoms with Crippen LogP contribution in [0, 0.1) is 11.3 Å². The third-order valence-corrected chi connectivity index (χ3v) is 4.22. The Morgan fingerprint density at radius 1 is 1.19 bits per heavy atom. The van der Waals surface area contributed by atoms with E-state index in [9.17, 15) is 0 Å². The number of nitrogens with zero attached hydrogens (tertiary/aromatic N) is 3. The zero-order valence-electron chi connectivity index (χ0n) is 14.7. The van der Waals surface area contributed by atoms with Crippen LogP contribution in [0.1, 0.15) is 18.4 Å².